The first-order valence-electron chi connectivity index (χ1n) is 7.40. The molecule has 23 heavy (non-hydrogen) atoms. The SMILES string of the molecule is c1cc(-c2cn(CCn3cccn3)nn2)cc(-c2ccco2)c1. The van der Waals surface area contributed by atoms with Gasteiger partial charge in [0.2, 0.25) is 0 Å². The first-order valence-corrected chi connectivity index (χ1v) is 7.40. The van der Waals surface area contributed by atoms with Crippen molar-refractivity contribution in [2.24, 2.45) is 0 Å². The minimum absolute atomic E-state index is 0.729. The van der Waals surface area contributed by atoms with E-state index in [1.54, 1.807) is 12.5 Å². The van der Waals surface area contributed by atoms with Crippen LogP contribution in [0.15, 0.2) is 71.7 Å². The molecule has 0 amide bonds. The number of aromatic nitrogens is 5. The Hall–Kier alpha value is -3.15. The van der Waals surface area contributed by atoms with Crippen LogP contribution < -0.4 is 0 Å². The van der Waals surface area contributed by atoms with E-state index in [1.807, 2.05) is 58.2 Å². The highest BCUT2D eigenvalue weighted by molar-refractivity contribution is 5.68. The second-order valence-electron chi connectivity index (χ2n) is 5.19. The van der Waals surface area contributed by atoms with Gasteiger partial charge in [-0.1, -0.05) is 23.4 Å². The van der Waals surface area contributed by atoms with Crippen LogP contribution >= 0.6 is 0 Å². The van der Waals surface area contributed by atoms with Gasteiger partial charge in [-0.05, 0) is 24.3 Å². The van der Waals surface area contributed by atoms with Crippen LogP contribution in [-0.4, -0.2) is 24.8 Å². The lowest BCUT2D eigenvalue weighted by Gasteiger charge is -2.01. The molecule has 0 saturated heterocycles. The summed E-state index contributed by atoms with van der Waals surface area (Å²) < 4.78 is 9.15. The van der Waals surface area contributed by atoms with Crippen molar-refractivity contribution in [3.8, 4) is 22.6 Å². The lowest BCUT2D eigenvalue weighted by Crippen LogP contribution is -2.08. The summed E-state index contributed by atoms with van der Waals surface area (Å²) in [4.78, 5) is 0. The molecule has 4 rings (SSSR count). The fourth-order valence-corrected chi connectivity index (χ4v) is 2.45. The first kappa shape index (κ1) is 13.5. The molecule has 0 aliphatic rings. The van der Waals surface area contributed by atoms with Crippen molar-refractivity contribution in [3.05, 3.63) is 67.3 Å². The third kappa shape index (κ3) is 2.91. The third-order valence-electron chi connectivity index (χ3n) is 3.62. The van der Waals surface area contributed by atoms with E-state index in [1.165, 1.54) is 0 Å². The van der Waals surface area contributed by atoms with Gasteiger partial charge in [0.15, 0.2) is 0 Å². The van der Waals surface area contributed by atoms with Gasteiger partial charge >= 0.3 is 0 Å². The van der Waals surface area contributed by atoms with Gasteiger partial charge in [-0.2, -0.15) is 5.10 Å². The van der Waals surface area contributed by atoms with Gasteiger partial charge in [-0.25, -0.2) is 0 Å². The smallest absolute Gasteiger partial charge is 0.133 e. The highest BCUT2D eigenvalue weighted by Gasteiger charge is 2.07. The third-order valence-corrected chi connectivity index (χ3v) is 3.62. The average Bonchev–Trinajstić information content (AvgIpc) is 3.35. The summed E-state index contributed by atoms with van der Waals surface area (Å²) in [6, 6.07) is 13.8. The van der Waals surface area contributed by atoms with Crippen molar-refractivity contribution in [3.63, 3.8) is 0 Å². The zero-order valence-electron chi connectivity index (χ0n) is 12.4. The van der Waals surface area contributed by atoms with Crippen LogP contribution in [0, 0.1) is 0 Å². The van der Waals surface area contributed by atoms with Crippen molar-refractivity contribution >= 4 is 0 Å². The molecule has 0 fully saturated rings. The summed E-state index contributed by atoms with van der Waals surface area (Å²) in [6.07, 6.45) is 7.33. The zero-order valence-corrected chi connectivity index (χ0v) is 12.4. The molecule has 4 aromatic rings. The lowest BCUT2D eigenvalue weighted by molar-refractivity contribution is 0.490. The van der Waals surface area contributed by atoms with Gasteiger partial charge in [-0.3, -0.25) is 9.36 Å². The molecule has 1 aromatic carbocycles. The molecule has 0 aliphatic heterocycles. The van der Waals surface area contributed by atoms with Crippen LogP contribution in [0.3, 0.4) is 0 Å². The Bertz CT molecular complexity index is 878. The van der Waals surface area contributed by atoms with Crippen molar-refractivity contribution < 1.29 is 4.42 Å². The summed E-state index contributed by atoms with van der Waals surface area (Å²) in [6.45, 7) is 1.49. The average molecular weight is 305 g/mol. The molecule has 3 aromatic heterocycles. The van der Waals surface area contributed by atoms with E-state index >= 15 is 0 Å². The number of rotatable bonds is 5. The molecular formula is C17H15N5O. The summed E-state index contributed by atoms with van der Waals surface area (Å²) in [7, 11) is 0. The molecular weight excluding hydrogens is 290 g/mol. The second-order valence-corrected chi connectivity index (χ2v) is 5.19. The molecule has 0 spiro atoms. The van der Waals surface area contributed by atoms with Crippen LogP contribution in [0.25, 0.3) is 22.6 Å². The normalized spacial score (nSPS) is 11.0. The van der Waals surface area contributed by atoms with Gasteiger partial charge in [0.1, 0.15) is 11.5 Å². The standard InChI is InChI=1S/C17H15N5O/c1-4-14(12-15(5-1)17-6-2-11-23-17)16-13-22(20-19-16)10-9-21-8-3-7-18-21/h1-8,11-13H,9-10H2. The molecule has 0 bridgehead atoms. The lowest BCUT2D eigenvalue weighted by atomic mass is 10.1. The summed E-state index contributed by atoms with van der Waals surface area (Å²) >= 11 is 0. The molecule has 0 aliphatic carbocycles. The van der Waals surface area contributed by atoms with E-state index in [-0.39, 0.29) is 0 Å². The van der Waals surface area contributed by atoms with Crippen molar-refractivity contribution in [2.75, 3.05) is 0 Å². The van der Waals surface area contributed by atoms with E-state index in [2.05, 4.69) is 21.5 Å². The summed E-state index contributed by atoms with van der Waals surface area (Å²) in [5.41, 5.74) is 2.89. The Kier molecular flexibility index (Phi) is 3.48. The minimum Gasteiger partial charge on any atom is -0.464 e. The van der Waals surface area contributed by atoms with Gasteiger partial charge in [-0.15, -0.1) is 5.10 Å². The van der Waals surface area contributed by atoms with Crippen LogP contribution in [-0.2, 0) is 13.1 Å². The monoisotopic (exact) mass is 305 g/mol. The summed E-state index contributed by atoms with van der Waals surface area (Å²) in [5.74, 6) is 0.845. The zero-order chi connectivity index (χ0) is 15.5. The van der Waals surface area contributed by atoms with Gasteiger partial charge in [0.05, 0.1) is 25.5 Å². The van der Waals surface area contributed by atoms with Crippen LogP contribution in [0.5, 0.6) is 0 Å². The highest BCUT2D eigenvalue weighted by atomic mass is 16.3. The van der Waals surface area contributed by atoms with E-state index in [4.69, 9.17) is 4.42 Å². The Morgan fingerprint density at radius 3 is 2.70 bits per heavy atom. The Labute approximate surface area is 133 Å². The van der Waals surface area contributed by atoms with Crippen LogP contribution in [0.4, 0.5) is 0 Å². The maximum atomic E-state index is 5.44. The van der Waals surface area contributed by atoms with Gasteiger partial charge < -0.3 is 4.42 Å². The number of hydrogen-bond acceptors (Lipinski definition) is 4. The molecule has 114 valence electrons. The van der Waals surface area contributed by atoms with Crippen molar-refractivity contribution in [2.45, 2.75) is 13.1 Å². The topological polar surface area (TPSA) is 61.7 Å². The van der Waals surface area contributed by atoms with E-state index in [0.29, 0.717) is 0 Å². The molecule has 0 saturated carbocycles. The van der Waals surface area contributed by atoms with E-state index in [0.717, 1.165) is 35.7 Å². The predicted octanol–water partition coefficient (Wildman–Crippen LogP) is 3.10. The molecule has 0 atom stereocenters. The number of hydrogen-bond donors (Lipinski definition) is 0. The number of nitrogens with zero attached hydrogens (tertiary/aromatic N) is 5. The minimum atomic E-state index is 0.729. The van der Waals surface area contributed by atoms with Crippen molar-refractivity contribution in [1.29, 1.82) is 0 Å². The molecule has 0 unspecified atom stereocenters. The first-order chi connectivity index (χ1) is 11.4. The molecule has 6 nitrogen and oxygen atoms in total. The molecule has 0 radical (unpaired) electrons. The van der Waals surface area contributed by atoms with E-state index < -0.39 is 0 Å². The molecule has 6 heteroatoms. The van der Waals surface area contributed by atoms with Crippen LogP contribution in [0.2, 0.25) is 0 Å². The molecule has 3 heterocycles. The number of aryl methyl sites for hydroxylation is 2. The Morgan fingerprint density at radius 1 is 0.957 bits per heavy atom. The van der Waals surface area contributed by atoms with Crippen molar-refractivity contribution in [1.82, 2.24) is 24.8 Å². The van der Waals surface area contributed by atoms with Gasteiger partial charge in [0.25, 0.3) is 0 Å². The second kappa shape index (κ2) is 5.92. The fraction of sp³-hybridized carbons (Fsp3) is 0.118. The fourth-order valence-electron chi connectivity index (χ4n) is 2.45. The summed E-state index contributed by atoms with van der Waals surface area (Å²) in [5, 5.41) is 12.6. The van der Waals surface area contributed by atoms with Gasteiger partial charge in [0, 0.05) is 23.5 Å². The Balaban J connectivity index is 1.53. The largest absolute Gasteiger partial charge is 0.464 e. The predicted molar refractivity (Wildman–Crippen MR) is 85.4 cm³/mol. The van der Waals surface area contributed by atoms with E-state index in [9.17, 15) is 0 Å². The van der Waals surface area contributed by atoms with Crippen LogP contribution in [0.1, 0.15) is 0 Å². The maximum absolute atomic E-state index is 5.44. The number of furan rings is 1. The Morgan fingerprint density at radius 2 is 1.87 bits per heavy atom. The maximum Gasteiger partial charge on any atom is 0.133 e. The molecule has 0 N–H and O–H groups in total. The quantitative estimate of drug-likeness (QED) is 0.568. The highest BCUT2D eigenvalue weighted by Crippen LogP contribution is 2.25. The number of benzene rings is 1.